The fourth-order valence-electron chi connectivity index (χ4n) is 2.86. The maximum atomic E-state index is 12.1. The van der Waals surface area contributed by atoms with E-state index < -0.39 is 0 Å². The summed E-state index contributed by atoms with van der Waals surface area (Å²) in [6.45, 7) is 1.94. The second kappa shape index (κ2) is 6.32. The molecule has 1 amide bonds. The van der Waals surface area contributed by atoms with Crippen LogP contribution < -0.4 is 10.1 Å². The minimum absolute atomic E-state index is 0.0464. The molecule has 1 N–H and O–H groups in total. The van der Waals surface area contributed by atoms with Crippen LogP contribution in [0.25, 0.3) is 21.9 Å². The van der Waals surface area contributed by atoms with Gasteiger partial charge in [0.05, 0.1) is 0 Å². The maximum absolute atomic E-state index is 12.1. The van der Waals surface area contributed by atoms with Crippen LogP contribution in [0.2, 0.25) is 0 Å². The number of fused-ring (bicyclic) bond motifs is 3. The van der Waals surface area contributed by atoms with Gasteiger partial charge in [-0.3, -0.25) is 4.79 Å². The van der Waals surface area contributed by atoms with E-state index in [2.05, 4.69) is 5.32 Å². The second-order valence-corrected chi connectivity index (χ2v) is 5.96. The summed E-state index contributed by atoms with van der Waals surface area (Å²) in [7, 11) is 0. The highest BCUT2D eigenvalue weighted by molar-refractivity contribution is 6.05. The third-order valence-electron chi connectivity index (χ3n) is 4.02. The van der Waals surface area contributed by atoms with Crippen LogP contribution in [-0.2, 0) is 4.79 Å². The Morgan fingerprint density at radius 1 is 0.960 bits per heavy atom. The third-order valence-corrected chi connectivity index (χ3v) is 4.02. The molecule has 0 unspecified atom stereocenters. The van der Waals surface area contributed by atoms with Gasteiger partial charge in [0.25, 0.3) is 5.91 Å². The predicted molar refractivity (Wildman–Crippen MR) is 99.0 cm³/mol. The summed E-state index contributed by atoms with van der Waals surface area (Å²) < 4.78 is 11.4. The van der Waals surface area contributed by atoms with Crippen molar-refractivity contribution in [3.63, 3.8) is 0 Å². The van der Waals surface area contributed by atoms with Crippen LogP contribution in [0.4, 0.5) is 5.69 Å². The van der Waals surface area contributed by atoms with E-state index in [1.165, 1.54) is 0 Å². The molecule has 124 valence electrons. The van der Waals surface area contributed by atoms with Gasteiger partial charge in [0, 0.05) is 16.5 Å². The summed E-state index contributed by atoms with van der Waals surface area (Å²) in [6, 6.07) is 21.1. The lowest BCUT2D eigenvalue weighted by Crippen LogP contribution is -2.20. The molecule has 0 aliphatic heterocycles. The number of aryl methyl sites for hydroxylation is 1. The van der Waals surface area contributed by atoms with Crippen LogP contribution in [0.3, 0.4) is 0 Å². The van der Waals surface area contributed by atoms with Crippen LogP contribution in [0.5, 0.6) is 5.75 Å². The minimum Gasteiger partial charge on any atom is -0.484 e. The molecule has 4 rings (SSSR count). The molecular formula is C21H17NO3. The highest BCUT2D eigenvalue weighted by atomic mass is 16.5. The number of amides is 1. The lowest BCUT2D eigenvalue weighted by atomic mass is 10.1. The van der Waals surface area contributed by atoms with E-state index in [0.717, 1.165) is 33.2 Å². The second-order valence-electron chi connectivity index (χ2n) is 5.96. The highest BCUT2D eigenvalue weighted by Crippen LogP contribution is 2.31. The van der Waals surface area contributed by atoms with E-state index in [1.807, 2.05) is 73.7 Å². The molecule has 0 bridgehead atoms. The smallest absolute Gasteiger partial charge is 0.262 e. The van der Waals surface area contributed by atoms with Crippen molar-refractivity contribution >= 4 is 33.5 Å². The molecule has 25 heavy (non-hydrogen) atoms. The van der Waals surface area contributed by atoms with Crippen LogP contribution >= 0.6 is 0 Å². The van der Waals surface area contributed by atoms with Crippen molar-refractivity contribution in [2.45, 2.75) is 6.92 Å². The van der Waals surface area contributed by atoms with Crippen LogP contribution in [0, 0.1) is 6.92 Å². The van der Waals surface area contributed by atoms with E-state index in [0.29, 0.717) is 5.75 Å². The number of hydrogen-bond donors (Lipinski definition) is 1. The number of nitrogens with one attached hydrogen (secondary N) is 1. The molecule has 0 saturated heterocycles. The Bertz CT molecular complexity index is 1070. The SMILES string of the molecule is Cc1cccc(NC(=O)COc2ccc3oc4ccccc4c3c2)c1. The Balaban J connectivity index is 1.49. The van der Waals surface area contributed by atoms with Crippen LogP contribution in [-0.4, -0.2) is 12.5 Å². The summed E-state index contributed by atoms with van der Waals surface area (Å²) in [5.41, 5.74) is 3.51. The topological polar surface area (TPSA) is 51.5 Å². The summed E-state index contributed by atoms with van der Waals surface area (Å²) in [6.07, 6.45) is 0. The number of carbonyl (C=O) groups excluding carboxylic acids is 1. The minimum atomic E-state index is -0.192. The Morgan fingerprint density at radius 2 is 1.80 bits per heavy atom. The van der Waals surface area contributed by atoms with Crippen molar-refractivity contribution in [2.75, 3.05) is 11.9 Å². The molecule has 0 spiro atoms. The predicted octanol–water partition coefficient (Wildman–Crippen LogP) is 4.91. The largest absolute Gasteiger partial charge is 0.484 e. The van der Waals surface area contributed by atoms with E-state index in [1.54, 1.807) is 0 Å². The fraction of sp³-hybridized carbons (Fsp3) is 0.0952. The molecule has 4 heteroatoms. The average molecular weight is 331 g/mol. The van der Waals surface area contributed by atoms with E-state index in [9.17, 15) is 4.79 Å². The number of benzene rings is 3. The van der Waals surface area contributed by atoms with E-state index in [4.69, 9.17) is 9.15 Å². The van der Waals surface area contributed by atoms with Crippen molar-refractivity contribution in [3.05, 3.63) is 72.3 Å². The molecule has 4 aromatic rings. The van der Waals surface area contributed by atoms with E-state index >= 15 is 0 Å². The molecule has 0 atom stereocenters. The number of furan rings is 1. The molecule has 0 saturated carbocycles. The molecule has 4 nitrogen and oxygen atoms in total. The first-order valence-corrected chi connectivity index (χ1v) is 8.10. The molecule has 0 aliphatic rings. The Hall–Kier alpha value is -3.27. The standard InChI is InChI=1S/C21H17NO3/c1-14-5-4-6-15(11-14)22-21(23)13-24-16-9-10-20-18(12-16)17-7-2-3-8-19(17)25-20/h2-12H,13H2,1H3,(H,22,23). The summed E-state index contributed by atoms with van der Waals surface area (Å²) in [5.74, 6) is 0.446. The van der Waals surface area contributed by atoms with Gasteiger partial charge in [-0.2, -0.15) is 0 Å². The fourth-order valence-corrected chi connectivity index (χ4v) is 2.86. The molecule has 0 fully saturated rings. The van der Waals surface area contributed by atoms with Crippen LogP contribution in [0.15, 0.2) is 71.1 Å². The molecule has 0 aliphatic carbocycles. The van der Waals surface area contributed by atoms with Gasteiger partial charge in [-0.1, -0.05) is 30.3 Å². The van der Waals surface area contributed by atoms with Crippen LogP contribution in [0.1, 0.15) is 5.56 Å². The average Bonchev–Trinajstić information content (AvgIpc) is 2.98. The maximum Gasteiger partial charge on any atom is 0.262 e. The number of hydrogen-bond acceptors (Lipinski definition) is 3. The summed E-state index contributed by atoms with van der Waals surface area (Å²) >= 11 is 0. The third kappa shape index (κ3) is 3.19. The number of rotatable bonds is 4. The number of para-hydroxylation sites is 1. The lowest BCUT2D eigenvalue weighted by Gasteiger charge is -2.08. The van der Waals surface area contributed by atoms with Crippen molar-refractivity contribution in [2.24, 2.45) is 0 Å². The van der Waals surface area contributed by atoms with Gasteiger partial charge in [0.2, 0.25) is 0 Å². The van der Waals surface area contributed by atoms with Gasteiger partial charge in [0.15, 0.2) is 6.61 Å². The molecule has 1 aromatic heterocycles. The molecular weight excluding hydrogens is 314 g/mol. The van der Waals surface area contributed by atoms with Crippen molar-refractivity contribution in [3.8, 4) is 5.75 Å². The first kappa shape index (κ1) is 15.3. The summed E-state index contributed by atoms with van der Waals surface area (Å²) in [4.78, 5) is 12.1. The molecule has 3 aromatic carbocycles. The van der Waals surface area contributed by atoms with E-state index in [-0.39, 0.29) is 12.5 Å². The van der Waals surface area contributed by atoms with Gasteiger partial charge < -0.3 is 14.5 Å². The zero-order valence-electron chi connectivity index (χ0n) is 13.8. The zero-order chi connectivity index (χ0) is 17.2. The monoisotopic (exact) mass is 331 g/mol. The first-order valence-electron chi connectivity index (χ1n) is 8.10. The van der Waals surface area contributed by atoms with Gasteiger partial charge in [-0.05, 0) is 48.9 Å². The first-order chi connectivity index (χ1) is 12.2. The van der Waals surface area contributed by atoms with Crippen molar-refractivity contribution in [1.29, 1.82) is 0 Å². The Labute approximate surface area is 145 Å². The highest BCUT2D eigenvalue weighted by Gasteiger charge is 2.09. The molecule has 1 heterocycles. The molecule has 0 radical (unpaired) electrons. The van der Waals surface area contributed by atoms with Crippen molar-refractivity contribution < 1.29 is 13.9 Å². The van der Waals surface area contributed by atoms with Gasteiger partial charge in [-0.15, -0.1) is 0 Å². The van der Waals surface area contributed by atoms with Gasteiger partial charge >= 0.3 is 0 Å². The number of anilines is 1. The Kier molecular flexibility index (Phi) is 3.86. The zero-order valence-corrected chi connectivity index (χ0v) is 13.8. The number of ether oxygens (including phenoxy) is 1. The number of carbonyl (C=O) groups is 1. The summed E-state index contributed by atoms with van der Waals surface area (Å²) in [5, 5.41) is 4.85. The van der Waals surface area contributed by atoms with Gasteiger partial charge in [0.1, 0.15) is 16.9 Å². The lowest BCUT2D eigenvalue weighted by molar-refractivity contribution is -0.118. The quantitative estimate of drug-likeness (QED) is 0.578. The Morgan fingerprint density at radius 3 is 2.68 bits per heavy atom. The normalized spacial score (nSPS) is 10.9. The van der Waals surface area contributed by atoms with Gasteiger partial charge in [-0.25, -0.2) is 0 Å². The van der Waals surface area contributed by atoms with Crippen molar-refractivity contribution in [1.82, 2.24) is 0 Å².